The summed E-state index contributed by atoms with van der Waals surface area (Å²) in [6.07, 6.45) is 3.71. The zero-order chi connectivity index (χ0) is 11.5. The van der Waals surface area contributed by atoms with Crippen LogP contribution in [0.3, 0.4) is 0 Å². The van der Waals surface area contributed by atoms with Gasteiger partial charge in [0.25, 0.3) is 0 Å². The monoisotopic (exact) mass is 253 g/mol. The minimum Gasteiger partial charge on any atom is -0.212 e. The summed E-state index contributed by atoms with van der Waals surface area (Å²) in [7, 11) is -6.11. The van der Waals surface area contributed by atoms with Gasteiger partial charge in [0.15, 0.2) is 0 Å². The second-order valence-corrected chi connectivity index (χ2v) is 8.25. The largest absolute Gasteiger partial charge is 0.227 e. The Morgan fingerprint density at radius 1 is 0.733 bits per heavy atom. The van der Waals surface area contributed by atoms with E-state index in [9.17, 15) is 16.8 Å². The van der Waals surface area contributed by atoms with Crippen LogP contribution in [0, 0.1) is 0 Å². The van der Waals surface area contributed by atoms with Crippen LogP contribution in [0.25, 0.3) is 0 Å². The molecule has 1 aliphatic heterocycles. The number of hydrogen-bond donors (Lipinski definition) is 0. The minimum atomic E-state index is -3.62. The van der Waals surface area contributed by atoms with E-state index in [-0.39, 0.29) is 11.5 Å². The van der Waals surface area contributed by atoms with Crippen molar-refractivity contribution in [1.82, 2.24) is 3.62 Å². The number of nitrogens with zero attached hydrogens (tertiary/aromatic N) is 1. The van der Waals surface area contributed by atoms with E-state index in [0.29, 0.717) is 16.5 Å². The van der Waals surface area contributed by atoms with Crippen molar-refractivity contribution in [3.8, 4) is 0 Å². The lowest BCUT2D eigenvalue weighted by molar-refractivity contribution is 0.539. The molecule has 1 aliphatic rings. The smallest absolute Gasteiger partial charge is 0.212 e. The van der Waals surface area contributed by atoms with Crippen LogP contribution in [0.4, 0.5) is 0 Å². The summed E-state index contributed by atoms with van der Waals surface area (Å²) >= 11 is 0. The predicted molar refractivity (Wildman–Crippen MR) is 61.0 cm³/mol. The van der Waals surface area contributed by atoms with Crippen LogP contribution in [0.5, 0.6) is 0 Å². The van der Waals surface area contributed by atoms with Gasteiger partial charge in [-0.05, 0) is 12.8 Å². The van der Waals surface area contributed by atoms with E-state index >= 15 is 0 Å². The summed E-state index contributed by atoms with van der Waals surface area (Å²) in [4.78, 5) is 0. The van der Waals surface area contributed by atoms with Crippen molar-refractivity contribution in [2.75, 3.05) is 11.5 Å². The molecule has 5 nitrogen and oxygen atoms in total. The molecule has 0 atom stereocenters. The third-order valence-corrected chi connectivity index (χ3v) is 7.13. The van der Waals surface area contributed by atoms with Crippen molar-refractivity contribution < 1.29 is 16.8 Å². The van der Waals surface area contributed by atoms with Gasteiger partial charge >= 0.3 is 0 Å². The molecular weight excluding hydrogens is 237 g/mol. The molecule has 0 aromatic carbocycles. The molecule has 0 N–H and O–H groups in total. The van der Waals surface area contributed by atoms with Crippen LogP contribution in [0.1, 0.15) is 32.1 Å². The molecule has 1 rings (SSSR count). The summed E-state index contributed by atoms with van der Waals surface area (Å²) < 4.78 is 46.9. The van der Waals surface area contributed by atoms with Crippen molar-refractivity contribution >= 4 is 28.0 Å². The Balaban J connectivity index is 2.92. The molecule has 0 radical (unpaired) electrons. The zero-order valence-corrected chi connectivity index (χ0v) is 10.5. The Morgan fingerprint density at radius 3 is 1.47 bits per heavy atom. The molecule has 0 saturated carbocycles. The van der Waals surface area contributed by atoms with E-state index in [0.717, 1.165) is 27.2 Å². The quantitative estimate of drug-likeness (QED) is 0.543. The van der Waals surface area contributed by atoms with Gasteiger partial charge in [-0.15, -0.1) is 0 Å². The fourth-order valence-electron chi connectivity index (χ4n) is 1.53. The van der Waals surface area contributed by atoms with Crippen molar-refractivity contribution in [3.05, 3.63) is 0 Å². The van der Waals surface area contributed by atoms with Gasteiger partial charge < -0.3 is 0 Å². The summed E-state index contributed by atoms with van der Waals surface area (Å²) in [6.45, 7) is 0. The molecule has 1 heterocycles. The molecule has 1 fully saturated rings. The maximum atomic E-state index is 11.6. The highest BCUT2D eigenvalue weighted by molar-refractivity contribution is 8.05. The van der Waals surface area contributed by atoms with Crippen LogP contribution >= 0.6 is 0 Å². The molecule has 0 aliphatic carbocycles. The SMILES string of the molecule is BN1S(=O)(=O)CCCCCCCS1(=O)=O. The third kappa shape index (κ3) is 3.46. The molecule has 0 amide bonds. The molecule has 8 heteroatoms. The standard InChI is InChI=1S/C7H16BNO4S2/c8-9-14(10,11)6-4-2-1-3-5-7-15(9,12)13/h1-8H2. The van der Waals surface area contributed by atoms with Crippen LogP contribution in [-0.4, -0.2) is 39.9 Å². The van der Waals surface area contributed by atoms with Gasteiger partial charge in [0.1, 0.15) is 0 Å². The lowest BCUT2D eigenvalue weighted by atomic mass is 10.2. The molecule has 0 bridgehead atoms. The molecule has 0 unspecified atom stereocenters. The van der Waals surface area contributed by atoms with Crippen molar-refractivity contribution in [2.45, 2.75) is 32.1 Å². The summed E-state index contributed by atoms with van der Waals surface area (Å²) in [6, 6.07) is 0. The molecule has 0 spiro atoms. The van der Waals surface area contributed by atoms with E-state index in [4.69, 9.17) is 0 Å². The minimum absolute atomic E-state index is 0.0667. The van der Waals surface area contributed by atoms with Crippen LogP contribution in [-0.2, 0) is 20.0 Å². The lowest BCUT2D eigenvalue weighted by Crippen LogP contribution is -2.38. The fraction of sp³-hybridized carbons (Fsp3) is 1.00. The van der Waals surface area contributed by atoms with E-state index in [1.807, 2.05) is 0 Å². The van der Waals surface area contributed by atoms with Gasteiger partial charge in [-0.2, -0.15) is 3.62 Å². The zero-order valence-electron chi connectivity index (χ0n) is 8.85. The van der Waals surface area contributed by atoms with Gasteiger partial charge in [-0.1, -0.05) is 19.3 Å². The van der Waals surface area contributed by atoms with Gasteiger partial charge in [0.2, 0.25) is 28.0 Å². The number of hydrogen-bond acceptors (Lipinski definition) is 4. The van der Waals surface area contributed by atoms with E-state index in [2.05, 4.69) is 0 Å². The highest BCUT2D eigenvalue weighted by Gasteiger charge is 2.28. The lowest BCUT2D eigenvalue weighted by Gasteiger charge is -2.19. The maximum Gasteiger partial charge on any atom is 0.227 e. The third-order valence-electron chi connectivity index (χ3n) is 2.59. The number of rotatable bonds is 0. The Bertz CT molecular complexity index is 365. The predicted octanol–water partition coefficient (Wildman–Crippen LogP) is -0.540. The number of sulfonamides is 2. The first-order valence-electron chi connectivity index (χ1n) is 5.06. The molecule has 1 saturated heterocycles. The van der Waals surface area contributed by atoms with Gasteiger partial charge in [0, 0.05) is 0 Å². The van der Waals surface area contributed by atoms with Gasteiger partial charge in [-0.3, -0.25) is 0 Å². The van der Waals surface area contributed by atoms with Crippen LogP contribution < -0.4 is 0 Å². The Kier molecular flexibility index (Phi) is 4.19. The second-order valence-electron chi connectivity index (χ2n) is 3.78. The van der Waals surface area contributed by atoms with Gasteiger partial charge in [-0.25, -0.2) is 16.8 Å². The summed E-state index contributed by atoms with van der Waals surface area (Å²) in [5.74, 6) is -0.133. The highest BCUT2D eigenvalue weighted by Crippen LogP contribution is 2.14. The molecule has 88 valence electrons. The molecule has 0 aromatic rings. The van der Waals surface area contributed by atoms with E-state index in [1.54, 1.807) is 0 Å². The van der Waals surface area contributed by atoms with E-state index in [1.165, 1.54) is 0 Å². The Hall–Kier alpha value is -0.0751. The average Bonchev–Trinajstić information content (AvgIpc) is 2.14. The van der Waals surface area contributed by atoms with Crippen LogP contribution in [0.15, 0.2) is 0 Å². The van der Waals surface area contributed by atoms with Crippen molar-refractivity contribution in [1.29, 1.82) is 0 Å². The van der Waals surface area contributed by atoms with Crippen molar-refractivity contribution in [2.24, 2.45) is 0 Å². The summed E-state index contributed by atoms with van der Waals surface area (Å²) in [5, 5.41) is 0. The summed E-state index contributed by atoms with van der Waals surface area (Å²) in [5.41, 5.74) is 0. The average molecular weight is 253 g/mol. The first-order valence-corrected chi connectivity index (χ1v) is 8.27. The second kappa shape index (κ2) is 4.84. The topological polar surface area (TPSA) is 71.5 Å². The van der Waals surface area contributed by atoms with Crippen LogP contribution in [0.2, 0.25) is 0 Å². The Morgan fingerprint density at radius 2 is 1.07 bits per heavy atom. The first-order chi connectivity index (χ1) is 6.86. The maximum absolute atomic E-state index is 11.6. The fourth-order valence-corrected chi connectivity index (χ4v) is 5.01. The normalized spacial score (nSPS) is 28.3. The molecular formula is C7H16BNO4S2. The van der Waals surface area contributed by atoms with Gasteiger partial charge in [0.05, 0.1) is 11.5 Å². The highest BCUT2D eigenvalue weighted by atomic mass is 32.3. The Labute approximate surface area is 92.4 Å². The first kappa shape index (κ1) is 13.0. The molecule has 0 aromatic heterocycles. The van der Waals surface area contributed by atoms with Crippen molar-refractivity contribution in [3.63, 3.8) is 0 Å². The van der Waals surface area contributed by atoms with E-state index < -0.39 is 20.0 Å². The molecule has 15 heavy (non-hydrogen) atoms.